The summed E-state index contributed by atoms with van der Waals surface area (Å²) >= 11 is 9.10. The highest BCUT2D eigenvalue weighted by Gasteiger charge is 2.08. The van der Waals surface area contributed by atoms with E-state index in [1.54, 1.807) is 24.4 Å². The van der Waals surface area contributed by atoms with Gasteiger partial charge in [0.15, 0.2) is 0 Å². The largest absolute Gasteiger partial charge is 0.319 e. The molecule has 0 bridgehead atoms. The second-order valence-electron chi connectivity index (χ2n) is 3.07. The fraction of sp³-hybridized carbons (Fsp3) is 0. The molecule has 1 aromatic carbocycles. The molecule has 0 atom stereocenters. The van der Waals surface area contributed by atoms with Crippen molar-refractivity contribution in [3.63, 3.8) is 0 Å². The van der Waals surface area contributed by atoms with Crippen molar-refractivity contribution in [1.29, 1.82) is 0 Å². The van der Waals surface area contributed by atoms with E-state index in [2.05, 4.69) is 31.4 Å². The molecule has 4 nitrogen and oxygen atoms in total. The van der Waals surface area contributed by atoms with E-state index < -0.39 is 0 Å². The minimum absolute atomic E-state index is 0.209. The Labute approximate surface area is 105 Å². The van der Waals surface area contributed by atoms with Gasteiger partial charge in [-0.3, -0.25) is 9.89 Å². The fourth-order valence-corrected chi connectivity index (χ4v) is 1.66. The monoisotopic (exact) mass is 299 g/mol. The third-order valence-corrected chi connectivity index (χ3v) is 3.15. The van der Waals surface area contributed by atoms with Crippen molar-refractivity contribution in [2.24, 2.45) is 0 Å². The molecule has 0 saturated heterocycles. The number of rotatable bonds is 2. The fourth-order valence-electron chi connectivity index (χ4n) is 1.16. The number of nitrogens with zero attached hydrogens (tertiary/aromatic N) is 1. The van der Waals surface area contributed by atoms with Crippen LogP contribution in [0.1, 0.15) is 10.4 Å². The van der Waals surface area contributed by atoms with Gasteiger partial charge in [-0.2, -0.15) is 5.10 Å². The summed E-state index contributed by atoms with van der Waals surface area (Å²) in [5, 5.41) is 9.60. The van der Waals surface area contributed by atoms with Gasteiger partial charge in [-0.05, 0) is 34.1 Å². The predicted molar refractivity (Wildman–Crippen MR) is 65.7 cm³/mol. The molecule has 0 spiro atoms. The second kappa shape index (κ2) is 4.67. The van der Waals surface area contributed by atoms with Crippen LogP contribution >= 0.6 is 27.5 Å². The van der Waals surface area contributed by atoms with Gasteiger partial charge in [-0.25, -0.2) is 0 Å². The van der Waals surface area contributed by atoms with E-state index in [0.29, 0.717) is 20.7 Å². The Hall–Kier alpha value is -1.33. The maximum Gasteiger partial charge on any atom is 0.255 e. The zero-order valence-electron chi connectivity index (χ0n) is 8.00. The maximum absolute atomic E-state index is 11.8. The molecule has 0 aliphatic heterocycles. The zero-order chi connectivity index (χ0) is 11.5. The summed E-state index contributed by atoms with van der Waals surface area (Å²) in [6.07, 6.45) is 3.13. The number of nitrogens with one attached hydrogen (secondary N) is 2. The Bertz CT molecular complexity index is 513. The van der Waals surface area contributed by atoms with Gasteiger partial charge in [0.25, 0.3) is 5.91 Å². The first kappa shape index (κ1) is 11.2. The van der Waals surface area contributed by atoms with Gasteiger partial charge < -0.3 is 5.32 Å². The first-order valence-corrected chi connectivity index (χ1v) is 5.59. The van der Waals surface area contributed by atoms with Crippen molar-refractivity contribution in [2.45, 2.75) is 0 Å². The van der Waals surface area contributed by atoms with E-state index in [9.17, 15) is 4.79 Å². The van der Waals surface area contributed by atoms with Gasteiger partial charge in [0.05, 0.1) is 16.9 Å². The van der Waals surface area contributed by atoms with Gasteiger partial charge in [-0.1, -0.05) is 11.6 Å². The van der Waals surface area contributed by atoms with Gasteiger partial charge in [0, 0.05) is 16.2 Å². The Kier molecular flexibility index (Phi) is 3.26. The summed E-state index contributed by atoms with van der Waals surface area (Å²) in [5.41, 5.74) is 1.15. The number of aromatic amines is 1. The van der Waals surface area contributed by atoms with E-state index in [-0.39, 0.29) is 5.91 Å². The van der Waals surface area contributed by atoms with Crippen molar-refractivity contribution in [3.8, 4) is 0 Å². The van der Waals surface area contributed by atoms with E-state index in [1.807, 2.05) is 0 Å². The second-order valence-corrected chi connectivity index (χ2v) is 4.33. The highest BCUT2D eigenvalue weighted by Crippen LogP contribution is 2.23. The molecule has 2 N–H and O–H groups in total. The lowest BCUT2D eigenvalue weighted by Crippen LogP contribution is -2.11. The van der Waals surface area contributed by atoms with Crippen LogP contribution in [0.3, 0.4) is 0 Å². The average molecular weight is 301 g/mol. The van der Waals surface area contributed by atoms with Crippen LogP contribution in [0.15, 0.2) is 35.1 Å². The lowest BCUT2D eigenvalue weighted by atomic mass is 10.2. The lowest BCUT2D eigenvalue weighted by molar-refractivity contribution is 0.102. The Morgan fingerprint density at radius 3 is 2.94 bits per heavy atom. The first-order chi connectivity index (χ1) is 7.66. The first-order valence-electron chi connectivity index (χ1n) is 4.42. The maximum atomic E-state index is 11.8. The van der Waals surface area contributed by atoms with Crippen molar-refractivity contribution in [2.75, 3.05) is 5.32 Å². The minimum atomic E-state index is -0.209. The Balaban J connectivity index is 2.18. The SMILES string of the molecule is O=C(Nc1cn[nH]c1)c1ccc(Cl)c(Br)c1. The summed E-state index contributed by atoms with van der Waals surface area (Å²) < 4.78 is 0.689. The molecule has 1 heterocycles. The number of hydrogen-bond acceptors (Lipinski definition) is 2. The molecule has 0 aliphatic carbocycles. The van der Waals surface area contributed by atoms with Crippen LogP contribution in [0.4, 0.5) is 5.69 Å². The molecule has 1 aromatic heterocycles. The van der Waals surface area contributed by atoms with Gasteiger partial charge in [-0.15, -0.1) is 0 Å². The van der Waals surface area contributed by atoms with Crippen molar-refractivity contribution >= 4 is 39.1 Å². The van der Waals surface area contributed by atoms with E-state index in [0.717, 1.165) is 0 Å². The molecular formula is C10H7BrClN3O. The average Bonchev–Trinajstić information content (AvgIpc) is 2.74. The van der Waals surface area contributed by atoms with Crippen molar-refractivity contribution in [3.05, 3.63) is 45.7 Å². The normalized spacial score (nSPS) is 10.1. The number of anilines is 1. The summed E-state index contributed by atoms with van der Waals surface area (Å²) in [6.45, 7) is 0. The molecule has 2 rings (SSSR count). The number of carbonyl (C=O) groups excluding carboxylic acids is 1. The summed E-state index contributed by atoms with van der Waals surface area (Å²) in [6, 6.07) is 4.98. The third kappa shape index (κ3) is 2.43. The molecule has 2 aromatic rings. The third-order valence-electron chi connectivity index (χ3n) is 1.94. The lowest BCUT2D eigenvalue weighted by Gasteiger charge is -2.03. The number of benzene rings is 1. The van der Waals surface area contributed by atoms with Crippen molar-refractivity contribution < 1.29 is 4.79 Å². The zero-order valence-corrected chi connectivity index (χ0v) is 10.3. The smallest absolute Gasteiger partial charge is 0.255 e. The van der Waals surface area contributed by atoms with Crippen LogP contribution in [-0.2, 0) is 0 Å². The minimum Gasteiger partial charge on any atom is -0.319 e. The molecule has 82 valence electrons. The standard InChI is InChI=1S/C10H7BrClN3O/c11-8-3-6(1-2-9(8)12)10(16)15-7-4-13-14-5-7/h1-5H,(H,13,14)(H,15,16). The van der Waals surface area contributed by atoms with Crippen LogP contribution in [0, 0.1) is 0 Å². The van der Waals surface area contributed by atoms with E-state index in [4.69, 9.17) is 11.6 Å². The number of hydrogen-bond donors (Lipinski definition) is 2. The van der Waals surface area contributed by atoms with Gasteiger partial charge >= 0.3 is 0 Å². The number of halogens is 2. The van der Waals surface area contributed by atoms with Crippen LogP contribution in [0.25, 0.3) is 0 Å². The number of H-pyrrole nitrogens is 1. The molecule has 6 heteroatoms. The molecule has 16 heavy (non-hydrogen) atoms. The quantitative estimate of drug-likeness (QED) is 0.895. The number of amides is 1. The molecule has 0 fully saturated rings. The molecule has 0 radical (unpaired) electrons. The highest BCUT2D eigenvalue weighted by atomic mass is 79.9. The highest BCUT2D eigenvalue weighted by molar-refractivity contribution is 9.10. The number of aromatic nitrogens is 2. The topological polar surface area (TPSA) is 57.8 Å². The summed E-state index contributed by atoms with van der Waals surface area (Å²) in [4.78, 5) is 11.8. The molecule has 0 unspecified atom stereocenters. The van der Waals surface area contributed by atoms with Crippen LogP contribution in [0.5, 0.6) is 0 Å². The summed E-state index contributed by atoms with van der Waals surface area (Å²) in [7, 11) is 0. The van der Waals surface area contributed by atoms with Gasteiger partial charge in [0.1, 0.15) is 0 Å². The van der Waals surface area contributed by atoms with Crippen LogP contribution < -0.4 is 5.32 Å². The molecule has 0 saturated carbocycles. The van der Waals surface area contributed by atoms with E-state index >= 15 is 0 Å². The molecular weight excluding hydrogens is 293 g/mol. The van der Waals surface area contributed by atoms with Gasteiger partial charge in [0.2, 0.25) is 0 Å². The molecule has 0 aliphatic rings. The Morgan fingerprint density at radius 2 is 2.31 bits per heavy atom. The predicted octanol–water partition coefficient (Wildman–Crippen LogP) is 3.08. The van der Waals surface area contributed by atoms with E-state index in [1.165, 1.54) is 6.20 Å². The summed E-state index contributed by atoms with van der Waals surface area (Å²) in [5.74, 6) is -0.209. The number of carbonyl (C=O) groups is 1. The van der Waals surface area contributed by atoms with Crippen LogP contribution in [0.2, 0.25) is 5.02 Å². The van der Waals surface area contributed by atoms with Crippen molar-refractivity contribution in [1.82, 2.24) is 10.2 Å². The Morgan fingerprint density at radius 1 is 1.50 bits per heavy atom. The van der Waals surface area contributed by atoms with Crippen LogP contribution in [-0.4, -0.2) is 16.1 Å². The molecule has 1 amide bonds.